The second kappa shape index (κ2) is 8.81. The summed E-state index contributed by atoms with van der Waals surface area (Å²) in [5.74, 6) is 0.130. The van der Waals surface area contributed by atoms with Gasteiger partial charge in [-0.2, -0.15) is 0 Å². The molecule has 4 aromatic rings. The monoisotopic (exact) mass is 430 g/mol. The molecule has 3 heterocycles. The van der Waals surface area contributed by atoms with Crippen molar-refractivity contribution in [2.75, 3.05) is 19.6 Å². The minimum absolute atomic E-state index is 0.0791. The molecule has 5 rings (SSSR count). The van der Waals surface area contributed by atoms with E-state index < -0.39 is 0 Å². The van der Waals surface area contributed by atoms with Crippen LogP contribution in [0.2, 0.25) is 0 Å². The Kier molecular flexibility index (Phi) is 5.72. The molecular weight excluding hydrogens is 400 g/mol. The molecule has 0 radical (unpaired) electrons. The Morgan fingerprint density at radius 1 is 1.03 bits per heavy atom. The van der Waals surface area contributed by atoms with Crippen LogP contribution in [0.1, 0.15) is 52.2 Å². The van der Waals surface area contributed by atoms with Gasteiger partial charge in [0, 0.05) is 39.8 Å². The van der Waals surface area contributed by atoms with Gasteiger partial charge in [-0.1, -0.05) is 6.07 Å². The number of carbonyl (C=O) groups is 1. The molecule has 32 heavy (non-hydrogen) atoms. The third kappa shape index (κ3) is 4.04. The van der Waals surface area contributed by atoms with Gasteiger partial charge in [0.15, 0.2) is 0 Å². The Morgan fingerprint density at radius 3 is 2.56 bits per heavy atom. The minimum atomic E-state index is -0.378. The van der Waals surface area contributed by atoms with E-state index in [2.05, 4.69) is 33.3 Å². The summed E-state index contributed by atoms with van der Waals surface area (Å²) in [7, 11) is 0. The van der Waals surface area contributed by atoms with Crippen molar-refractivity contribution in [3.8, 4) is 0 Å². The zero-order valence-corrected chi connectivity index (χ0v) is 18.2. The zero-order chi connectivity index (χ0) is 22.1. The van der Waals surface area contributed by atoms with Gasteiger partial charge < -0.3 is 25.7 Å². The van der Waals surface area contributed by atoms with E-state index in [0.717, 1.165) is 67.3 Å². The Morgan fingerprint density at radius 2 is 1.78 bits per heavy atom. The van der Waals surface area contributed by atoms with Crippen molar-refractivity contribution in [1.82, 2.24) is 14.9 Å². The first-order valence-electron chi connectivity index (χ1n) is 11.5. The van der Waals surface area contributed by atoms with E-state index in [4.69, 9.17) is 5.73 Å². The average Bonchev–Trinajstić information content (AvgIpc) is 3.43. The van der Waals surface area contributed by atoms with Crippen LogP contribution in [0.15, 0.2) is 48.8 Å². The van der Waals surface area contributed by atoms with Gasteiger partial charge in [-0.3, -0.25) is 4.79 Å². The first-order valence-corrected chi connectivity index (χ1v) is 11.5. The molecule has 6 heteroatoms. The number of primary amides is 1. The molecule has 0 saturated carbocycles. The molecule has 1 fully saturated rings. The number of carbonyl (C=O) groups excluding carboxylic acids is 1. The van der Waals surface area contributed by atoms with E-state index in [9.17, 15) is 9.90 Å². The summed E-state index contributed by atoms with van der Waals surface area (Å²) in [6, 6.07) is 11.8. The zero-order valence-electron chi connectivity index (χ0n) is 18.2. The fraction of sp³-hybridized carbons (Fsp3) is 0.346. The summed E-state index contributed by atoms with van der Waals surface area (Å²) in [5.41, 5.74) is 11.8. The summed E-state index contributed by atoms with van der Waals surface area (Å²) in [6.07, 6.45) is 8.62. The number of aromatic nitrogens is 2. The highest BCUT2D eigenvalue weighted by molar-refractivity contribution is 5.98. The number of nitrogens with zero attached hydrogens (tertiary/aromatic N) is 1. The number of fused-ring (bicyclic) bond motifs is 2. The first kappa shape index (κ1) is 20.8. The Bertz CT molecular complexity index is 1250. The summed E-state index contributed by atoms with van der Waals surface area (Å²) in [5, 5.41) is 11.8. The lowest BCUT2D eigenvalue weighted by molar-refractivity contribution is 0.100. The van der Waals surface area contributed by atoms with E-state index >= 15 is 0 Å². The average molecular weight is 431 g/mol. The molecular formula is C26H30N4O2. The SMILES string of the molecule is NC(=O)c1ccc2[nH]cc(C3CCN(CCCc4c[nH]c5ccc(CO)cc45)CC3)c2c1. The molecule has 1 aliphatic rings. The molecule has 0 unspecified atom stereocenters. The van der Waals surface area contributed by atoms with Crippen molar-refractivity contribution in [3.05, 3.63) is 71.0 Å². The molecule has 0 aliphatic carbocycles. The van der Waals surface area contributed by atoms with E-state index in [0.29, 0.717) is 11.5 Å². The van der Waals surface area contributed by atoms with Gasteiger partial charge in [0.25, 0.3) is 0 Å². The number of nitrogens with two attached hydrogens (primary N) is 1. The number of aromatic amines is 2. The summed E-state index contributed by atoms with van der Waals surface area (Å²) < 4.78 is 0. The molecule has 1 aliphatic heterocycles. The van der Waals surface area contributed by atoms with Crippen LogP contribution in [-0.2, 0) is 13.0 Å². The van der Waals surface area contributed by atoms with Crippen LogP contribution >= 0.6 is 0 Å². The van der Waals surface area contributed by atoms with Gasteiger partial charge >= 0.3 is 0 Å². The van der Waals surface area contributed by atoms with Gasteiger partial charge in [0.2, 0.25) is 5.91 Å². The maximum atomic E-state index is 11.6. The standard InChI is InChI=1S/C26H30N4O2/c27-26(32)19-4-6-25-22(13-19)23(15-29-25)18-7-10-30(11-8-18)9-1-2-20-14-28-24-5-3-17(16-31)12-21(20)24/h3-6,12-15,18,28-29,31H,1-2,7-11,16H2,(H2,27,32). The normalized spacial score (nSPS) is 15.7. The lowest BCUT2D eigenvalue weighted by Crippen LogP contribution is -2.33. The molecule has 2 aromatic heterocycles. The molecule has 2 aromatic carbocycles. The predicted molar refractivity (Wildman–Crippen MR) is 128 cm³/mol. The molecule has 1 saturated heterocycles. The Labute approximate surface area is 187 Å². The number of rotatable bonds is 7. The third-order valence-electron chi connectivity index (χ3n) is 6.96. The van der Waals surface area contributed by atoms with Crippen LogP contribution in [-0.4, -0.2) is 45.5 Å². The third-order valence-corrected chi connectivity index (χ3v) is 6.96. The quantitative estimate of drug-likeness (QED) is 0.356. The highest BCUT2D eigenvalue weighted by atomic mass is 16.3. The number of aryl methyl sites for hydroxylation is 1. The second-order valence-electron chi connectivity index (χ2n) is 8.94. The van der Waals surface area contributed by atoms with Gasteiger partial charge in [-0.05, 0) is 98.3 Å². The number of H-pyrrole nitrogens is 2. The Hall–Kier alpha value is -3.09. The number of hydrogen-bond acceptors (Lipinski definition) is 3. The lowest BCUT2D eigenvalue weighted by Gasteiger charge is -2.32. The largest absolute Gasteiger partial charge is 0.392 e. The van der Waals surface area contributed by atoms with Crippen LogP contribution in [0.3, 0.4) is 0 Å². The maximum Gasteiger partial charge on any atom is 0.248 e. The van der Waals surface area contributed by atoms with Crippen molar-refractivity contribution < 1.29 is 9.90 Å². The van der Waals surface area contributed by atoms with Crippen molar-refractivity contribution in [3.63, 3.8) is 0 Å². The summed E-state index contributed by atoms with van der Waals surface area (Å²) in [4.78, 5) is 20.8. The summed E-state index contributed by atoms with van der Waals surface area (Å²) in [6.45, 7) is 3.36. The first-order chi connectivity index (χ1) is 15.6. The van der Waals surface area contributed by atoms with Crippen LogP contribution < -0.4 is 5.73 Å². The molecule has 1 amide bonds. The second-order valence-corrected chi connectivity index (χ2v) is 8.94. The number of likely N-dealkylation sites (tertiary alicyclic amines) is 1. The highest BCUT2D eigenvalue weighted by Crippen LogP contribution is 2.33. The fourth-order valence-electron chi connectivity index (χ4n) is 5.12. The molecule has 0 atom stereocenters. The smallest absolute Gasteiger partial charge is 0.248 e. The number of aliphatic hydroxyl groups is 1. The van der Waals surface area contributed by atoms with Crippen LogP contribution in [0.4, 0.5) is 0 Å². The molecule has 5 N–H and O–H groups in total. The van der Waals surface area contributed by atoms with Crippen molar-refractivity contribution in [2.45, 2.75) is 38.2 Å². The van der Waals surface area contributed by atoms with E-state index in [-0.39, 0.29) is 12.5 Å². The number of nitrogens with one attached hydrogen (secondary N) is 2. The molecule has 0 bridgehead atoms. The number of amides is 1. The number of piperidine rings is 1. The molecule has 6 nitrogen and oxygen atoms in total. The van der Waals surface area contributed by atoms with Crippen LogP contribution in [0.5, 0.6) is 0 Å². The Balaban J connectivity index is 1.18. The molecule has 0 spiro atoms. The number of aliphatic hydroxyl groups excluding tert-OH is 1. The highest BCUT2D eigenvalue weighted by Gasteiger charge is 2.23. The summed E-state index contributed by atoms with van der Waals surface area (Å²) >= 11 is 0. The van der Waals surface area contributed by atoms with Crippen molar-refractivity contribution in [2.24, 2.45) is 5.73 Å². The van der Waals surface area contributed by atoms with E-state index in [1.807, 2.05) is 24.3 Å². The minimum Gasteiger partial charge on any atom is -0.392 e. The van der Waals surface area contributed by atoms with E-state index in [1.54, 1.807) is 6.07 Å². The van der Waals surface area contributed by atoms with Crippen molar-refractivity contribution >= 4 is 27.7 Å². The maximum absolute atomic E-state index is 11.6. The van der Waals surface area contributed by atoms with Crippen LogP contribution in [0, 0.1) is 0 Å². The lowest BCUT2D eigenvalue weighted by atomic mass is 9.88. The van der Waals surface area contributed by atoms with Gasteiger partial charge in [-0.15, -0.1) is 0 Å². The van der Waals surface area contributed by atoms with Crippen molar-refractivity contribution in [1.29, 1.82) is 0 Å². The number of hydrogen-bond donors (Lipinski definition) is 4. The molecule has 166 valence electrons. The van der Waals surface area contributed by atoms with Gasteiger partial charge in [0.1, 0.15) is 0 Å². The van der Waals surface area contributed by atoms with Gasteiger partial charge in [0.05, 0.1) is 6.61 Å². The number of benzene rings is 2. The predicted octanol–water partition coefficient (Wildman–Crippen LogP) is 4.05. The van der Waals surface area contributed by atoms with E-state index in [1.165, 1.54) is 16.5 Å². The van der Waals surface area contributed by atoms with Gasteiger partial charge in [-0.25, -0.2) is 0 Å². The topological polar surface area (TPSA) is 98.1 Å². The van der Waals surface area contributed by atoms with Crippen LogP contribution in [0.25, 0.3) is 21.8 Å². The fourth-order valence-corrected chi connectivity index (χ4v) is 5.12.